The molecule has 2 saturated carbocycles. The molecule has 132 valence electrons. The Morgan fingerprint density at radius 2 is 1.78 bits per heavy atom. The number of nitrogens with one attached hydrogen (secondary N) is 2. The third-order valence-corrected chi connectivity index (χ3v) is 5.25. The molecule has 2 aliphatic rings. The summed E-state index contributed by atoms with van der Waals surface area (Å²) in [6, 6.07) is 0.533. The summed E-state index contributed by atoms with van der Waals surface area (Å²) in [6.45, 7) is 3.55. The Kier molecular flexibility index (Phi) is 6.72. The van der Waals surface area contributed by atoms with Gasteiger partial charge < -0.3 is 15.5 Å². The van der Waals surface area contributed by atoms with Crippen molar-refractivity contribution in [1.82, 2.24) is 15.5 Å². The molecular formula is C18H34N4O. The SMILES string of the molecule is CCNC(=NCC1(C(=O)N(C)C)CCCC1)NC1CCCCC1. The van der Waals surface area contributed by atoms with Gasteiger partial charge in [0.05, 0.1) is 12.0 Å². The van der Waals surface area contributed by atoms with Crippen molar-refractivity contribution in [1.29, 1.82) is 0 Å². The molecule has 5 nitrogen and oxygen atoms in total. The zero-order valence-corrected chi connectivity index (χ0v) is 15.2. The molecule has 0 aromatic carbocycles. The topological polar surface area (TPSA) is 56.7 Å². The average Bonchev–Trinajstić information content (AvgIpc) is 3.03. The van der Waals surface area contributed by atoms with Crippen LogP contribution >= 0.6 is 0 Å². The van der Waals surface area contributed by atoms with Crippen molar-refractivity contribution in [3.63, 3.8) is 0 Å². The summed E-state index contributed by atoms with van der Waals surface area (Å²) in [6.07, 6.45) is 10.6. The van der Waals surface area contributed by atoms with Crippen molar-refractivity contribution in [3.05, 3.63) is 0 Å². The Morgan fingerprint density at radius 3 is 2.35 bits per heavy atom. The molecule has 0 saturated heterocycles. The minimum atomic E-state index is -0.279. The summed E-state index contributed by atoms with van der Waals surface area (Å²) in [4.78, 5) is 19.2. The highest BCUT2D eigenvalue weighted by molar-refractivity contribution is 5.84. The van der Waals surface area contributed by atoms with Gasteiger partial charge in [0.25, 0.3) is 0 Å². The Labute approximate surface area is 141 Å². The van der Waals surface area contributed by atoms with Gasteiger partial charge in [0, 0.05) is 26.7 Å². The zero-order valence-electron chi connectivity index (χ0n) is 15.2. The summed E-state index contributed by atoms with van der Waals surface area (Å²) in [5.74, 6) is 1.13. The van der Waals surface area contributed by atoms with E-state index in [2.05, 4.69) is 17.6 Å². The Hall–Kier alpha value is -1.26. The number of aliphatic imine (C=N–C) groups is 1. The van der Waals surface area contributed by atoms with E-state index in [1.807, 2.05) is 14.1 Å². The molecule has 0 spiro atoms. The predicted molar refractivity (Wildman–Crippen MR) is 95.6 cm³/mol. The van der Waals surface area contributed by atoms with E-state index in [-0.39, 0.29) is 11.3 Å². The lowest BCUT2D eigenvalue weighted by Gasteiger charge is -2.30. The van der Waals surface area contributed by atoms with Crippen LogP contribution in [0, 0.1) is 5.41 Å². The van der Waals surface area contributed by atoms with Gasteiger partial charge in [-0.15, -0.1) is 0 Å². The second-order valence-corrected chi connectivity index (χ2v) is 7.36. The molecule has 0 unspecified atom stereocenters. The molecule has 0 aromatic heterocycles. The lowest BCUT2D eigenvalue weighted by molar-refractivity contribution is -0.138. The van der Waals surface area contributed by atoms with Crippen LogP contribution < -0.4 is 10.6 Å². The van der Waals surface area contributed by atoms with Gasteiger partial charge >= 0.3 is 0 Å². The molecule has 0 atom stereocenters. The normalized spacial score (nSPS) is 22.0. The van der Waals surface area contributed by atoms with Crippen LogP contribution in [0.3, 0.4) is 0 Å². The van der Waals surface area contributed by atoms with E-state index in [1.54, 1.807) is 4.90 Å². The smallest absolute Gasteiger partial charge is 0.230 e. The summed E-state index contributed by atoms with van der Waals surface area (Å²) in [5, 5.41) is 6.93. The fourth-order valence-electron chi connectivity index (χ4n) is 3.96. The van der Waals surface area contributed by atoms with Crippen LogP contribution in [0.15, 0.2) is 4.99 Å². The van der Waals surface area contributed by atoms with E-state index >= 15 is 0 Å². The van der Waals surface area contributed by atoms with E-state index in [0.29, 0.717) is 12.6 Å². The Bertz CT molecular complexity index is 407. The average molecular weight is 322 g/mol. The van der Waals surface area contributed by atoms with Crippen LogP contribution in [0.2, 0.25) is 0 Å². The number of amides is 1. The molecule has 5 heteroatoms. The first-order valence-electron chi connectivity index (χ1n) is 9.34. The van der Waals surface area contributed by atoms with Crippen LogP contribution in [0.1, 0.15) is 64.7 Å². The zero-order chi connectivity index (χ0) is 16.7. The number of guanidine groups is 1. The maximum absolute atomic E-state index is 12.6. The van der Waals surface area contributed by atoms with Gasteiger partial charge in [-0.05, 0) is 32.6 Å². The number of carbonyl (C=O) groups is 1. The first kappa shape index (κ1) is 18.1. The summed E-state index contributed by atoms with van der Waals surface area (Å²) < 4.78 is 0. The third-order valence-electron chi connectivity index (χ3n) is 5.25. The van der Waals surface area contributed by atoms with Crippen LogP contribution in [-0.2, 0) is 4.79 Å². The number of hydrogen-bond donors (Lipinski definition) is 2. The Morgan fingerprint density at radius 1 is 1.13 bits per heavy atom. The summed E-state index contributed by atoms with van der Waals surface area (Å²) >= 11 is 0. The minimum Gasteiger partial charge on any atom is -0.357 e. The molecule has 2 fully saturated rings. The van der Waals surface area contributed by atoms with E-state index in [4.69, 9.17) is 4.99 Å². The highest BCUT2D eigenvalue weighted by Crippen LogP contribution is 2.39. The standard InChI is InChI=1S/C18H34N4O/c1-4-19-17(21-15-10-6-5-7-11-15)20-14-18(12-8-9-13-18)16(23)22(2)3/h15H,4-14H2,1-3H3,(H2,19,20,21). The molecular weight excluding hydrogens is 288 g/mol. The number of hydrogen-bond acceptors (Lipinski definition) is 2. The number of rotatable bonds is 5. The van der Waals surface area contributed by atoms with Crippen molar-refractivity contribution >= 4 is 11.9 Å². The molecule has 0 radical (unpaired) electrons. The van der Waals surface area contributed by atoms with E-state index in [1.165, 1.54) is 32.1 Å². The molecule has 0 bridgehead atoms. The molecule has 2 N–H and O–H groups in total. The van der Waals surface area contributed by atoms with Gasteiger partial charge in [0.2, 0.25) is 5.91 Å². The quantitative estimate of drug-likeness (QED) is 0.604. The maximum atomic E-state index is 12.6. The van der Waals surface area contributed by atoms with Crippen molar-refractivity contribution in [2.24, 2.45) is 10.4 Å². The highest BCUT2D eigenvalue weighted by atomic mass is 16.2. The molecule has 2 aliphatic carbocycles. The van der Waals surface area contributed by atoms with E-state index in [0.717, 1.165) is 38.2 Å². The van der Waals surface area contributed by atoms with Crippen LogP contribution in [0.4, 0.5) is 0 Å². The van der Waals surface area contributed by atoms with Crippen LogP contribution in [0.25, 0.3) is 0 Å². The van der Waals surface area contributed by atoms with Gasteiger partial charge in [-0.1, -0.05) is 32.1 Å². The van der Waals surface area contributed by atoms with Crippen LogP contribution in [0.5, 0.6) is 0 Å². The summed E-state index contributed by atoms with van der Waals surface area (Å²) in [5.41, 5.74) is -0.279. The number of nitrogens with zero attached hydrogens (tertiary/aromatic N) is 2. The fraction of sp³-hybridized carbons (Fsp3) is 0.889. The second kappa shape index (κ2) is 8.55. The molecule has 2 rings (SSSR count). The van der Waals surface area contributed by atoms with Crippen molar-refractivity contribution < 1.29 is 4.79 Å². The first-order chi connectivity index (χ1) is 11.1. The molecule has 1 amide bonds. The van der Waals surface area contributed by atoms with Crippen molar-refractivity contribution in [3.8, 4) is 0 Å². The molecule has 0 heterocycles. The van der Waals surface area contributed by atoms with Gasteiger partial charge in [0.1, 0.15) is 0 Å². The summed E-state index contributed by atoms with van der Waals surface area (Å²) in [7, 11) is 3.72. The maximum Gasteiger partial charge on any atom is 0.230 e. The monoisotopic (exact) mass is 322 g/mol. The highest BCUT2D eigenvalue weighted by Gasteiger charge is 2.42. The Balaban J connectivity index is 2.03. The van der Waals surface area contributed by atoms with Gasteiger partial charge in [0.15, 0.2) is 5.96 Å². The second-order valence-electron chi connectivity index (χ2n) is 7.36. The van der Waals surface area contributed by atoms with E-state index < -0.39 is 0 Å². The van der Waals surface area contributed by atoms with Gasteiger partial charge in [-0.25, -0.2) is 0 Å². The van der Waals surface area contributed by atoms with Crippen molar-refractivity contribution in [2.75, 3.05) is 27.2 Å². The van der Waals surface area contributed by atoms with Gasteiger partial charge in [-0.3, -0.25) is 9.79 Å². The van der Waals surface area contributed by atoms with Gasteiger partial charge in [-0.2, -0.15) is 0 Å². The minimum absolute atomic E-state index is 0.243. The third kappa shape index (κ3) is 4.85. The lowest BCUT2D eigenvalue weighted by Crippen LogP contribution is -2.46. The van der Waals surface area contributed by atoms with Crippen molar-refractivity contribution in [2.45, 2.75) is 70.8 Å². The molecule has 0 aliphatic heterocycles. The predicted octanol–water partition coefficient (Wildman–Crippen LogP) is 2.52. The van der Waals surface area contributed by atoms with E-state index in [9.17, 15) is 4.79 Å². The fourth-order valence-corrected chi connectivity index (χ4v) is 3.96. The van der Waals surface area contributed by atoms with Crippen LogP contribution in [-0.4, -0.2) is 50.0 Å². The molecule has 23 heavy (non-hydrogen) atoms. The lowest BCUT2D eigenvalue weighted by atomic mass is 9.85. The largest absolute Gasteiger partial charge is 0.357 e. The first-order valence-corrected chi connectivity index (χ1v) is 9.34. The number of carbonyl (C=O) groups excluding carboxylic acids is 1. The molecule has 0 aromatic rings.